The minimum Gasteiger partial charge on any atom is -0.442 e. The third-order valence-electron chi connectivity index (χ3n) is 6.02. The normalized spacial score (nSPS) is 17.0. The molecule has 2 N–H and O–H groups in total. The van der Waals surface area contributed by atoms with Gasteiger partial charge in [0.25, 0.3) is 5.91 Å². The van der Waals surface area contributed by atoms with E-state index in [9.17, 15) is 4.79 Å². The molecule has 0 saturated heterocycles. The number of aromatic nitrogens is 4. The molecule has 0 unspecified atom stereocenters. The second-order valence-electron chi connectivity index (χ2n) is 9.04. The van der Waals surface area contributed by atoms with Gasteiger partial charge in [0.05, 0.1) is 23.2 Å². The Hall–Kier alpha value is -3.23. The van der Waals surface area contributed by atoms with Crippen LogP contribution in [0.3, 0.4) is 0 Å². The van der Waals surface area contributed by atoms with E-state index >= 15 is 0 Å². The molecule has 9 heteroatoms. The molecule has 31 heavy (non-hydrogen) atoms. The fourth-order valence-electron chi connectivity index (χ4n) is 4.08. The van der Waals surface area contributed by atoms with E-state index in [-0.39, 0.29) is 17.5 Å². The minimum atomic E-state index is -0.0855. The number of hydrogen-bond acceptors (Lipinski definition) is 8. The van der Waals surface area contributed by atoms with Gasteiger partial charge < -0.3 is 20.0 Å². The zero-order chi connectivity index (χ0) is 21.8. The number of hydrogen-bond donors (Lipinski definition) is 2. The van der Waals surface area contributed by atoms with Gasteiger partial charge >= 0.3 is 0 Å². The average Bonchev–Trinajstić information content (AvgIpc) is 3.35. The lowest BCUT2D eigenvalue weighted by Gasteiger charge is -2.29. The van der Waals surface area contributed by atoms with Crippen LogP contribution in [0, 0.1) is 6.92 Å². The predicted molar refractivity (Wildman–Crippen MR) is 117 cm³/mol. The summed E-state index contributed by atoms with van der Waals surface area (Å²) in [6.07, 6.45) is 5.89. The van der Waals surface area contributed by atoms with Crippen LogP contribution in [0.4, 0.5) is 11.6 Å². The van der Waals surface area contributed by atoms with Crippen LogP contribution >= 0.6 is 0 Å². The molecule has 9 nitrogen and oxygen atoms in total. The lowest BCUT2D eigenvalue weighted by Crippen LogP contribution is -2.37. The number of aryl methyl sites for hydroxylation is 1. The molecule has 1 fully saturated rings. The Morgan fingerprint density at radius 3 is 2.65 bits per heavy atom. The first-order chi connectivity index (χ1) is 14.8. The quantitative estimate of drug-likeness (QED) is 0.646. The maximum Gasteiger partial charge on any atom is 0.258 e. The van der Waals surface area contributed by atoms with Crippen LogP contribution in [0.15, 0.2) is 17.1 Å². The first-order valence-corrected chi connectivity index (χ1v) is 10.8. The van der Waals surface area contributed by atoms with E-state index in [0.717, 1.165) is 29.9 Å². The number of carbonyl (C=O) groups is 1. The van der Waals surface area contributed by atoms with Gasteiger partial charge in [0.1, 0.15) is 30.1 Å². The highest BCUT2D eigenvalue weighted by Crippen LogP contribution is 2.40. The van der Waals surface area contributed by atoms with E-state index in [1.165, 1.54) is 6.33 Å². The van der Waals surface area contributed by atoms with Crippen LogP contribution in [0.5, 0.6) is 0 Å². The summed E-state index contributed by atoms with van der Waals surface area (Å²) in [6.45, 7) is 9.14. The maximum atomic E-state index is 13.6. The number of amides is 1. The van der Waals surface area contributed by atoms with Crippen LogP contribution in [0.1, 0.15) is 61.0 Å². The lowest BCUT2D eigenvalue weighted by atomic mass is 10.0. The maximum absolute atomic E-state index is 13.6. The molecule has 0 bridgehead atoms. The van der Waals surface area contributed by atoms with Gasteiger partial charge in [-0.1, -0.05) is 0 Å². The largest absolute Gasteiger partial charge is 0.442 e. The molecular formula is C22H27N7O2. The molecule has 1 saturated carbocycles. The van der Waals surface area contributed by atoms with Crippen LogP contribution in [0.25, 0.3) is 11.1 Å². The molecule has 3 aromatic rings. The molecule has 1 amide bonds. The van der Waals surface area contributed by atoms with Crippen molar-refractivity contribution in [3.63, 3.8) is 0 Å². The summed E-state index contributed by atoms with van der Waals surface area (Å²) in [7, 11) is 0. The van der Waals surface area contributed by atoms with Crippen molar-refractivity contribution in [1.29, 1.82) is 0 Å². The fraction of sp³-hybridized carbons (Fsp3) is 0.500. The summed E-state index contributed by atoms with van der Waals surface area (Å²) in [5.41, 5.74) is 2.95. The molecule has 0 atom stereocenters. The van der Waals surface area contributed by atoms with Gasteiger partial charge in [0.2, 0.25) is 5.71 Å². The molecule has 1 aliphatic carbocycles. The molecule has 4 heterocycles. The Bertz CT molecular complexity index is 1170. The summed E-state index contributed by atoms with van der Waals surface area (Å²) in [5, 5.41) is 7.52. The molecule has 0 radical (unpaired) electrons. The SMILES string of the molecule is Cc1oc2ncnc(NC3(C)CC3)c2c1C(=O)N1CCc2c(ncnc2NC(C)C)C1. The van der Waals surface area contributed by atoms with Crippen molar-refractivity contribution < 1.29 is 9.21 Å². The molecule has 5 rings (SSSR count). The lowest BCUT2D eigenvalue weighted by molar-refractivity contribution is 0.0731. The van der Waals surface area contributed by atoms with Gasteiger partial charge in [-0.2, -0.15) is 0 Å². The van der Waals surface area contributed by atoms with Crippen molar-refractivity contribution in [3.05, 3.63) is 35.2 Å². The van der Waals surface area contributed by atoms with E-state index < -0.39 is 0 Å². The van der Waals surface area contributed by atoms with Gasteiger partial charge in [-0.15, -0.1) is 0 Å². The average molecular weight is 422 g/mol. The van der Waals surface area contributed by atoms with Gasteiger partial charge in [-0.3, -0.25) is 4.79 Å². The standard InChI is InChI=1S/C22H27N7O2/c1-12(2)27-18-14-5-8-29(9-15(14)23-10-24-18)21(30)16-13(3)31-20-17(16)19(25-11-26-20)28-22(4)6-7-22/h10-12H,5-9H2,1-4H3,(H,23,24,27)(H,25,26,28). The Morgan fingerprint density at radius 2 is 1.90 bits per heavy atom. The summed E-state index contributed by atoms with van der Waals surface area (Å²) < 4.78 is 5.84. The summed E-state index contributed by atoms with van der Waals surface area (Å²) in [5.74, 6) is 1.99. The van der Waals surface area contributed by atoms with Crippen LogP contribution in [-0.4, -0.2) is 48.9 Å². The van der Waals surface area contributed by atoms with Gasteiger partial charge in [0, 0.05) is 23.7 Å². The topological polar surface area (TPSA) is 109 Å². The predicted octanol–water partition coefficient (Wildman–Crippen LogP) is 3.30. The van der Waals surface area contributed by atoms with Gasteiger partial charge in [-0.05, 0) is 47.0 Å². The Balaban J connectivity index is 1.48. The monoisotopic (exact) mass is 421 g/mol. The number of anilines is 2. The number of nitrogens with one attached hydrogen (secondary N) is 2. The number of fused-ring (bicyclic) bond motifs is 2. The Labute approximate surface area is 180 Å². The van der Waals surface area contributed by atoms with Crippen molar-refractivity contribution in [1.82, 2.24) is 24.8 Å². The number of carbonyl (C=O) groups excluding carboxylic acids is 1. The van der Waals surface area contributed by atoms with Crippen molar-refractivity contribution in [2.24, 2.45) is 0 Å². The zero-order valence-electron chi connectivity index (χ0n) is 18.3. The molecule has 0 spiro atoms. The van der Waals surface area contributed by atoms with E-state index in [1.807, 2.05) is 11.8 Å². The van der Waals surface area contributed by atoms with Gasteiger partial charge in [0.15, 0.2) is 0 Å². The Kier molecular flexibility index (Phi) is 4.56. The molecule has 0 aromatic carbocycles. The number of rotatable bonds is 5. The van der Waals surface area contributed by atoms with Crippen molar-refractivity contribution in [3.8, 4) is 0 Å². The first-order valence-electron chi connectivity index (χ1n) is 10.8. The molecule has 3 aromatic heterocycles. The van der Waals surface area contributed by atoms with E-state index in [1.54, 1.807) is 6.33 Å². The zero-order valence-corrected chi connectivity index (χ0v) is 18.3. The minimum absolute atomic E-state index is 0.0214. The first kappa shape index (κ1) is 19.7. The number of nitrogens with zero attached hydrogens (tertiary/aromatic N) is 5. The summed E-state index contributed by atoms with van der Waals surface area (Å²) in [6, 6.07) is 0.276. The fourth-order valence-corrected chi connectivity index (χ4v) is 4.08. The highest BCUT2D eigenvalue weighted by Gasteiger charge is 2.39. The van der Waals surface area contributed by atoms with E-state index in [0.29, 0.717) is 47.8 Å². The molecule has 2 aliphatic rings. The van der Waals surface area contributed by atoms with Crippen molar-refractivity contribution in [2.75, 3.05) is 17.2 Å². The van der Waals surface area contributed by atoms with Crippen LogP contribution < -0.4 is 10.6 Å². The number of furan rings is 1. The third-order valence-corrected chi connectivity index (χ3v) is 6.02. The second kappa shape index (κ2) is 7.18. The molecule has 162 valence electrons. The van der Waals surface area contributed by atoms with E-state index in [2.05, 4.69) is 51.3 Å². The second-order valence-corrected chi connectivity index (χ2v) is 9.04. The summed E-state index contributed by atoms with van der Waals surface area (Å²) in [4.78, 5) is 33.0. The highest BCUT2D eigenvalue weighted by atomic mass is 16.3. The van der Waals surface area contributed by atoms with Crippen LogP contribution in [-0.2, 0) is 13.0 Å². The smallest absolute Gasteiger partial charge is 0.258 e. The van der Waals surface area contributed by atoms with E-state index in [4.69, 9.17) is 4.42 Å². The summed E-state index contributed by atoms with van der Waals surface area (Å²) >= 11 is 0. The highest BCUT2D eigenvalue weighted by molar-refractivity contribution is 6.10. The third kappa shape index (κ3) is 3.58. The Morgan fingerprint density at radius 1 is 1.16 bits per heavy atom. The van der Waals surface area contributed by atoms with Crippen molar-refractivity contribution >= 4 is 28.6 Å². The molecular weight excluding hydrogens is 394 g/mol. The van der Waals surface area contributed by atoms with Crippen LogP contribution in [0.2, 0.25) is 0 Å². The van der Waals surface area contributed by atoms with Gasteiger partial charge in [-0.25, -0.2) is 19.9 Å². The molecule has 1 aliphatic heterocycles. The van der Waals surface area contributed by atoms with Crippen molar-refractivity contribution in [2.45, 2.75) is 65.1 Å².